The maximum absolute atomic E-state index is 14.1. The Hall–Kier alpha value is -2.60. The van der Waals surface area contributed by atoms with E-state index in [2.05, 4.69) is 11.1 Å². The molecule has 1 saturated heterocycles. The summed E-state index contributed by atoms with van der Waals surface area (Å²) in [5.74, 6) is 0.0759. The number of aromatic nitrogens is 2. The summed E-state index contributed by atoms with van der Waals surface area (Å²) in [7, 11) is 0. The van der Waals surface area contributed by atoms with Gasteiger partial charge in [0.1, 0.15) is 10.7 Å². The third kappa shape index (κ3) is 4.37. The van der Waals surface area contributed by atoms with Crippen LogP contribution in [0.25, 0.3) is 0 Å². The zero-order valence-corrected chi connectivity index (χ0v) is 17.5. The Morgan fingerprint density at radius 2 is 2.10 bits per heavy atom. The Morgan fingerprint density at radius 1 is 1.28 bits per heavy atom. The first kappa shape index (κ1) is 19.7. The maximum atomic E-state index is 14.1. The van der Waals surface area contributed by atoms with Crippen molar-refractivity contribution in [1.29, 1.82) is 0 Å². The lowest BCUT2D eigenvalue weighted by Gasteiger charge is -2.32. The number of carbonyl (C=O) groups excluding carboxylic acids is 1. The fourth-order valence-corrected chi connectivity index (χ4v) is 4.76. The summed E-state index contributed by atoms with van der Waals surface area (Å²) in [6.07, 6.45) is 2.49. The predicted octanol–water partition coefficient (Wildman–Crippen LogP) is 4.90. The molecule has 6 heteroatoms. The van der Waals surface area contributed by atoms with Gasteiger partial charge < -0.3 is 4.90 Å². The predicted molar refractivity (Wildman–Crippen MR) is 113 cm³/mol. The van der Waals surface area contributed by atoms with E-state index in [4.69, 9.17) is 4.98 Å². The SMILES string of the molecule is Cc1cc(Cc2ccccc2F)cc([C@H]2CCCN(C(=O)c3scnc3C)C2)n1. The highest BCUT2D eigenvalue weighted by Crippen LogP contribution is 2.29. The number of hydrogen-bond donors (Lipinski definition) is 0. The molecule has 1 fully saturated rings. The van der Waals surface area contributed by atoms with Crippen LogP contribution < -0.4 is 0 Å². The molecule has 0 bridgehead atoms. The molecule has 0 saturated carbocycles. The normalized spacial score (nSPS) is 16.8. The molecule has 2 aromatic heterocycles. The van der Waals surface area contributed by atoms with Crippen molar-refractivity contribution in [2.24, 2.45) is 0 Å². The smallest absolute Gasteiger partial charge is 0.265 e. The largest absolute Gasteiger partial charge is 0.337 e. The first-order chi connectivity index (χ1) is 14.0. The van der Waals surface area contributed by atoms with Crippen molar-refractivity contribution in [1.82, 2.24) is 14.9 Å². The van der Waals surface area contributed by atoms with Crippen LogP contribution in [0.2, 0.25) is 0 Å². The minimum Gasteiger partial charge on any atom is -0.337 e. The molecule has 29 heavy (non-hydrogen) atoms. The highest BCUT2D eigenvalue weighted by molar-refractivity contribution is 7.11. The van der Waals surface area contributed by atoms with Crippen LogP contribution in [-0.4, -0.2) is 33.9 Å². The van der Waals surface area contributed by atoms with Crippen molar-refractivity contribution in [2.75, 3.05) is 13.1 Å². The van der Waals surface area contributed by atoms with Crippen molar-refractivity contribution < 1.29 is 9.18 Å². The molecular weight excluding hydrogens is 385 g/mol. The van der Waals surface area contributed by atoms with Crippen molar-refractivity contribution in [3.05, 3.63) is 80.8 Å². The first-order valence-corrected chi connectivity index (χ1v) is 10.8. The fraction of sp³-hybridized carbons (Fsp3) is 0.348. The zero-order chi connectivity index (χ0) is 20.4. The van der Waals surface area contributed by atoms with E-state index in [9.17, 15) is 9.18 Å². The summed E-state index contributed by atoms with van der Waals surface area (Å²) < 4.78 is 14.1. The minimum absolute atomic E-state index is 0.0638. The zero-order valence-electron chi connectivity index (χ0n) is 16.7. The molecule has 1 amide bonds. The summed E-state index contributed by atoms with van der Waals surface area (Å²) in [4.78, 5) is 24.5. The van der Waals surface area contributed by atoms with Crippen LogP contribution in [0, 0.1) is 19.7 Å². The van der Waals surface area contributed by atoms with Crippen LogP contribution in [-0.2, 0) is 6.42 Å². The van der Waals surface area contributed by atoms with E-state index in [0.29, 0.717) is 18.5 Å². The highest BCUT2D eigenvalue weighted by atomic mass is 32.1. The number of pyridine rings is 1. The van der Waals surface area contributed by atoms with Gasteiger partial charge in [0.2, 0.25) is 0 Å². The van der Waals surface area contributed by atoms with Gasteiger partial charge in [-0.2, -0.15) is 0 Å². The van der Waals surface area contributed by atoms with Gasteiger partial charge in [0.25, 0.3) is 5.91 Å². The van der Waals surface area contributed by atoms with Gasteiger partial charge in [-0.3, -0.25) is 9.78 Å². The summed E-state index contributed by atoms with van der Waals surface area (Å²) in [6, 6.07) is 11.0. The van der Waals surface area contributed by atoms with E-state index in [1.807, 2.05) is 36.9 Å². The number of hydrogen-bond acceptors (Lipinski definition) is 4. The highest BCUT2D eigenvalue weighted by Gasteiger charge is 2.28. The van der Waals surface area contributed by atoms with E-state index in [1.165, 1.54) is 17.4 Å². The van der Waals surface area contributed by atoms with Gasteiger partial charge in [-0.1, -0.05) is 18.2 Å². The average Bonchev–Trinajstić information content (AvgIpc) is 3.15. The van der Waals surface area contributed by atoms with E-state index in [1.54, 1.807) is 11.6 Å². The maximum Gasteiger partial charge on any atom is 0.265 e. The van der Waals surface area contributed by atoms with Gasteiger partial charge in [0, 0.05) is 36.8 Å². The van der Waals surface area contributed by atoms with Gasteiger partial charge in [-0.05, 0) is 56.0 Å². The van der Waals surface area contributed by atoms with Gasteiger partial charge in [-0.15, -0.1) is 11.3 Å². The second-order valence-electron chi connectivity index (χ2n) is 7.67. The van der Waals surface area contributed by atoms with Crippen molar-refractivity contribution >= 4 is 17.2 Å². The first-order valence-electron chi connectivity index (χ1n) is 9.91. The van der Waals surface area contributed by atoms with Crippen molar-refractivity contribution in [3.63, 3.8) is 0 Å². The number of halogens is 1. The van der Waals surface area contributed by atoms with Gasteiger partial charge in [-0.25, -0.2) is 9.37 Å². The van der Waals surface area contributed by atoms with Crippen molar-refractivity contribution in [2.45, 2.75) is 39.0 Å². The molecule has 3 aromatic rings. The van der Waals surface area contributed by atoms with Gasteiger partial charge in [0.15, 0.2) is 0 Å². The van der Waals surface area contributed by atoms with E-state index < -0.39 is 0 Å². The number of likely N-dealkylation sites (tertiary alicyclic amines) is 1. The summed E-state index contributed by atoms with van der Waals surface area (Å²) in [5, 5.41) is 0. The van der Waals surface area contributed by atoms with E-state index in [-0.39, 0.29) is 17.6 Å². The Morgan fingerprint density at radius 3 is 2.86 bits per heavy atom. The summed E-state index contributed by atoms with van der Waals surface area (Å²) in [6.45, 7) is 5.27. The molecule has 4 nitrogen and oxygen atoms in total. The Balaban J connectivity index is 1.54. The second kappa shape index (κ2) is 8.41. The molecule has 0 N–H and O–H groups in total. The standard InChI is InChI=1S/C23H24FN3OS/c1-15-10-17(11-18-6-3-4-8-20(18)24)12-21(26-15)19-7-5-9-27(13-19)23(28)22-16(2)25-14-29-22/h3-4,6,8,10,12,14,19H,5,7,9,11,13H2,1-2H3/t19-/m0/s1. The van der Waals surface area contributed by atoms with Crippen LogP contribution in [0.5, 0.6) is 0 Å². The molecule has 1 aromatic carbocycles. The molecule has 0 unspecified atom stereocenters. The lowest BCUT2D eigenvalue weighted by Crippen LogP contribution is -2.39. The fourth-order valence-electron chi connectivity index (χ4n) is 3.99. The second-order valence-corrected chi connectivity index (χ2v) is 8.52. The lowest BCUT2D eigenvalue weighted by molar-refractivity contribution is 0.0710. The molecule has 1 atom stereocenters. The molecule has 0 aliphatic carbocycles. The number of piperidine rings is 1. The van der Waals surface area contributed by atoms with Crippen molar-refractivity contribution in [3.8, 4) is 0 Å². The van der Waals surface area contributed by atoms with Gasteiger partial charge in [0.05, 0.1) is 11.2 Å². The Kier molecular flexibility index (Phi) is 5.72. The molecular formula is C23H24FN3OS. The number of amides is 1. The van der Waals surface area contributed by atoms with Crippen LogP contribution in [0.1, 0.15) is 56.6 Å². The number of benzene rings is 1. The van der Waals surface area contributed by atoms with Crippen LogP contribution in [0.3, 0.4) is 0 Å². The van der Waals surface area contributed by atoms with E-state index in [0.717, 1.165) is 46.9 Å². The Bertz CT molecular complexity index is 1030. The Labute approximate surface area is 174 Å². The topological polar surface area (TPSA) is 46.1 Å². The molecule has 3 heterocycles. The lowest BCUT2D eigenvalue weighted by atomic mass is 9.92. The molecule has 0 spiro atoms. The summed E-state index contributed by atoms with van der Waals surface area (Å²) in [5.41, 5.74) is 6.18. The number of aryl methyl sites for hydroxylation is 2. The number of carbonyl (C=O) groups is 1. The summed E-state index contributed by atoms with van der Waals surface area (Å²) >= 11 is 1.40. The molecule has 1 aliphatic heterocycles. The third-order valence-electron chi connectivity index (χ3n) is 5.45. The van der Waals surface area contributed by atoms with Crippen LogP contribution in [0.15, 0.2) is 41.9 Å². The molecule has 4 rings (SSSR count). The van der Waals surface area contributed by atoms with Crippen LogP contribution in [0.4, 0.5) is 4.39 Å². The molecule has 0 radical (unpaired) electrons. The average molecular weight is 410 g/mol. The third-order valence-corrected chi connectivity index (χ3v) is 6.37. The monoisotopic (exact) mass is 409 g/mol. The molecule has 150 valence electrons. The quantitative estimate of drug-likeness (QED) is 0.615. The van der Waals surface area contributed by atoms with E-state index >= 15 is 0 Å². The minimum atomic E-state index is -0.183. The van der Waals surface area contributed by atoms with Crippen LogP contribution >= 0.6 is 11.3 Å². The molecule has 1 aliphatic rings. The van der Waals surface area contributed by atoms with Gasteiger partial charge >= 0.3 is 0 Å². The number of rotatable bonds is 4. The number of thiazole rings is 1. The number of nitrogens with zero attached hydrogens (tertiary/aromatic N) is 3.